The Labute approximate surface area is 138 Å². The van der Waals surface area contributed by atoms with Crippen molar-refractivity contribution in [3.8, 4) is 0 Å². The lowest BCUT2D eigenvalue weighted by Crippen LogP contribution is -2.51. The van der Waals surface area contributed by atoms with Crippen molar-refractivity contribution in [2.45, 2.75) is 18.9 Å². The first-order chi connectivity index (χ1) is 9.66. The van der Waals surface area contributed by atoms with Crippen LogP contribution in [0.25, 0.3) is 0 Å². The second-order valence-electron chi connectivity index (χ2n) is 4.71. The van der Waals surface area contributed by atoms with E-state index in [4.69, 9.17) is 4.74 Å². The van der Waals surface area contributed by atoms with E-state index < -0.39 is 0 Å². The van der Waals surface area contributed by atoms with Crippen LogP contribution in [0.2, 0.25) is 0 Å². The van der Waals surface area contributed by atoms with Crippen LogP contribution >= 0.6 is 28.3 Å². The normalized spacial score (nSPS) is 17.9. The van der Waals surface area contributed by atoms with Crippen molar-refractivity contribution in [2.75, 3.05) is 26.3 Å². The van der Waals surface area contributed by atoms with E-state index >= 15 is 0 Å². The maximum absolute atomic E-state index is 13.6. The number of rotatable bonds is 5. The third-order valence-corrected chi connectivity index (χ3v) is 3.67. The summed E-state index contributed by atoms with van der Waals surface area (Å²) < 4.78 is 19.5. The van der Waals surface area contributed by atoms with Crippen molar-refractivity contribution in [1.29, 1.82) is 0 Å². The lowest BCUT2D eigenvalue weighted by Gasteiger charge is -2.22. The monoisotopic (exact) mass is 380 g/mol. The lowest BCUT2D eigenvalue weighted by atomic mass is 10.1. The molecule has 0 aliphatic carbocycles. The fourth-order valence-electron chi connectivity index (χ4n) is 2.07. The Balaban J connectivity index is 0.00000220. The van der Waals surface area contributed by atoms with Gasteiger partial charge in [0.25, 0.3) is 0 Å². The van der Waals surface area contributed by atoms with E-state index in [1.165, 1.54) is 6.07 Å². The maximum Gasteiger partial charge on any atom is 0.239 e. The van der Waals surface area contributed by atoms with E-state index in [-0.39, 0.29) is 30.2 Å². The van der Waals surface area contributed by atoms with Gasteiger partial charge in [0.05, 0.1) is 13.2 Å². The molecule has 2 N–H and O–H groups in total. The van der Waals surface area contributed by atoms with Gasteiger partial charge in [-0.25, -0.2) is 4.39 Å². The van der Waals surface area contributed by atoms with Gasteiger partial charge in [-0.05, 0) is 30.5 Å². The molecule has 2 rings (SSSR count). The van der Waals surface area contributed by atoms with Crippen LogP contribution in [0.3, 0.4) is 0 Å². The minimum absolute atomic E-state index is 0. The highest BCUT2D eigenvalue weighted by molar-refractivity contribution is 9.10. The third kappa shape index (κ3) is 5.90. The van der Waals surface area contributed by atoms with Gasteiger partial charge in [0.1, 0.15) is 11.9 Å². The fourth-order valence-corrected chi connectivity index (χ4v) is 2.41. The quantitative estimate of drug-likeness (QED) is 0.768. The zero-order chi connectivity index (χ0) is 14.4. The lowest BCUT2D eigenvalue weighted by molar-refractivity contribution is -0.125. The molecular weight excluding hydrogens is 363 g/mol. The Hall–Kier alpha value is -0.690. The second kappa shape index (κ2) is 9.35. The van der Waals surface area contributed by atoms with Crippen molar-refractivity contribution in [3.63, 3.8) is 0 Å². The molecule has 0 saturated carbocycles. The number of nitrogens with one attached hydrogen (secondary N) is 2. The molecule has 1 unspecified atom stereocenters. The molecule has 118 valence electrons. The molecule has 1 aromatic carbocycles. The molecule has 1 aliphatic heterocycles. The first-order valence-corrected chi connectivity index (χ1v) is 7.49. The Morgan fingerprint density at radius 2 is 2.33 bits per heavy atom. The van der Waals surface area contributed by atoms with Gasteiger partial charge in [-0.15, -0.1) is 12.4 Å². The van der Waals surface area contributed by atoms with Crippen LogP contribution in [0.4, 0.5) is 4.39 Å². The number of hydrogen-bond acceptors (Lipinski definition) is 3. The summed E-state index contributed by atoms with van der Waals surface area (Å²) in [5.74, 6) is -0.269. The van der Waals surface area contributed by atoms with Gasteiger partial charge >= 0.3 is 0 Å². The second-order valence-corrected chi connectivity index (χ2v) is 5.63. The van der Waals surface area contributed by atoms with Gasteiger partial charge in [-0.1, -0.05) is 22.0 Å². The van der Waals surface area contributed by atoms with Gasteiger partial charge in [0.15, 0.2) is 0 Å². The molecule has 7 heteroatoms. The Morgan fingerprint density at radius 1 is 1.52 bits per heavy atom. The predicted octanol–water partition coefficient (Wildman–Crippen LogP) is 2.05. The minimum Gasteiger partial charge on any atom is -0.378 e. The SMILES string of the molecule is Cl.O=C(NCCCc1ccc(Br)cc1F)C1COCCN1. The number of benzene rings is 1. The van der Waals surface area contributed by atoms with Crippen LogP contribution in [-0.4, -0.2) is 38.3 Å². The van der Waals surface area contributed by atoms with Crippen LogP contribution in [0.15, 0.2) is 22.7 Å². The molecule has 0 bridgehead atoms. The van der Waals surface area contributed by atoms with Gasteiger partial charge in [-0.2, -0.15) is 0 Å². The van der Waals surface area contributed by atoms with Gasteiger partial charge < -0.3 is 15.4 Å². The molecule has 1 fully saturated rings. The third-order valence-electron chi connectivity index (χ3n) is 3.18. The Bertz CT molecular complexity index is 470. The highest BCUT2D eigenvalue weighted by atomic mass is 79.9. The number of halogens is 3. The number of carbonyl (C=O) groups excluding carboxylic acids is 1. The maximum atomic E-state index is 13.6. The Kier molecular flexibility index (Phi) is 8.18. The first kappa shape index (κ1) is 18.4. The number of carbonyl (C=O) groups is 1. The summed E-state index contributed by atoms with van der Waals surface area (Å²) in [6.45, 7) is 2.29. The largest absolute Gasteiger partial charge is 0.378 e. The smallest absolute Gasteiger partial charge is 0.239 e. The van der Waals surface area contributed by atoms with E-state index in [0.29, 0.717) is 44.7 Å². The summed E-state index contributed by atoms with van der Waals surface area (Å²) in [4.78, 5) is 11.8. The summed E-state index contributed by atoms with van der Waals surface area (Å²) in [7, 11) is 0. The number of aryl methyl sites for hydroxylation is 1. The predicted molar refractivity (Wildman–Crippen MR) is 85.3 cm³/mol. The topological polar surface area (TPSA) is 50.4 Å². The molecule has 0 spiro atoms. The molecular formula is C14H19BrClFN2O2. The number of amides is 1. The van der Waals surface area contributed by atoms with Crippen LogP contribution in [-0.2, 0) is 16.0 Å². The fraction of sp³-hybridized carbons (Fsp3) is 0.500. The first-order valence-electron chi connectivity index (χ1n) is 6.69. The molecule has 1 atom stereocenters. The Morgan fingerprint density at radius 3 is 3.00 bits per heavy atom. The molecule has 0 radical (unpaired) electrons. The van der Waals surface area contributed by atoms with Crippen LogP contribution in [0, 0.1) is 5.82 Å². The van der Waals surface area contributed by atoms with Gasteiger partial charge in [0, 0.05) is 17.6 Å². The van der Waals surface area contributed by atoms with E-state index in [1.54, 1.807) is 6.07 Å². The van der Waals surface area contributed by atoms with Gasteiger partial charge in [-0.3, -0.25) is 4.79 Å². The zero-order valence-electron chi connectivity index (χ0n) is 11.5. The van der Waals surface area contributed by atoms with Crippen molar-refractivity contribution in [1.82, 2.24) is 10.6 Å². The summed E-state index contributed by atoms with van der Waals surface area (Å²) >= 11 is 3.23. The summed E-state index contributed by atoms with van der Waals surface area (Å²) in [6.07, 6.45) is 1.31. The van der Waals surface area contributed by atoms with E-state index in [9.17, 15) is 9.18 Å². The number of ether oxygens (including phenoxy) is 1. The molecule has 0 aromatic heterocycles. The van der Waals surface area contributed by atoms with E-state index in [1.807, 2.05) is 6.07 Å². The number of morpholine rings is 1. The average Bonchev–Trinajstić information content (AvgIpc) is 2.46. The zero-order valence-corrected chi connectivity index (χ0v) is 13.9. The van der Waals surface area contributed by atoms with Crippen LogP contribution in [0.1, 0.15) is 12.0 Å². The van der Waals surface area contributed by atoms with E-state index in [2.05, 4.69) is 26.6 Å². The van der Waals surface area contributed by atoms with Gasteiger partial charge in [0.2, 0.25) is 5.91 Å². The average molecular weight is 382 g/mol. The van der Waals surface area contributed by atoms with Crippen LogP contribution in [0.5, 0.6) is 0 Å². The molecule has 21 heavy (non-hydrogen) atoms. The standard InChI is InChI=1S/C14H18BrFN2O2.ClH/c15-11-4-3-10(12(16)8-11)2-1-5-18-14(19)13-9-20-7-6-17-13;/h3-4,8,13,17H,1-2,5-7,9H2,(H,18,19);1H. The molecule has 1 saturated heterocycles. The van der Waals surface area contributed by atoms with Crippen molar-refractivity contribution in [3.05, 3.63) is 34.1 Å². The van der Waals surface area contributed by atoms with Crippen LogP contribution < -0.4 is 10.6 Å². The molecule has 1 aliphatic rings. The van der Waals surface area contributed by atoms with E-state index in [0.717, 1.165) is 4.47 Å². The summed E-state index contributed by atoms with van der Waals surface area (Å²) in [6, 6.07) is 4.77. The molecule has 4 nitrogen and oxygen atoms in total. The summed E-state index contributed by atoms with van der Waals surface area (Å²) in [5, 5.41) is 5.93. The molecule has 1 amide bonds. The highest BCUT2D eigenvalue weighted by Crippen LogP contribution is 2.16. The molecule has 1 heterocycles. The molecule has 1 aromatic rings. The van der Waals surface area contributed by atoms with Crippen molar-refractivity contribution >= 4 is 34.2 Å². The minimum atomic E-state index is -0.270. The van der Waals surface area contributed by atoms with Crippen molar-refractivity contribution in [2.24, 2.45) is 0 Å². The highest BCUT2D eigenvalue weighted by Gasteiger charge is 2.20. The number of hydrogen-bond donors (Lipinski definition) is 2. The van der Waals surface area contributed by atoms with Crippen molar-refractivity contribution < 1.29 is 13.9 Å². The summed E-state index contributed by atoms with van der Waals surface area (Å²) in [5.41, 5.74) is 0.668.